The van der Waals surface area contributed by atoms with Crippen molar-refractivity contribution in [3.8, 4) is 0 Å². The first-order valence-electron chi connectivity index (χ1n) is 14.1. The van der Waals surface area contributed by atoms with E-state index in [0.717, 1.165) is 0 Å². The van der Waals surface area contributed by atoms with Crippen LogP contribution in [-0.2, 0) is 6.42 Å². The van der Waals surface area contributed by atoms with Gasteiger partial charge in [-0.1, -0.05) is 121 Å². The molecule has 0 spiro atoms. The molecule has 1 atom stereocenters. The molecule has 0 saturated carbocycles. The number of rotatable bonds is 1. The molecule has 0 amide bonds. The van der Waals surface area contributed by atoms with Gasteiger partial charge in [-0.3, -0.25) is 0 Å². The predicted octanol–water partition coefficient (Wildman–Crippen LogP) is 10.8. The maximum absolute atomic E-state index is 2.40. The van der Waals surface area contributed by atoms with Gasteiger partial charge in [-0.05, 0) is 104 Å². The smallest absolute Gasteiger partial charge is 0.00950 e. The van der Waals surface area contributed by atoms with Crippen LogP contribution in [0.3, 0.4) is 0 Å². The van der Waals surface area contributed by atoms with Crippen molar-refractivity contribution < 1.29 is 0 Å². The molecule has 0 aromatic heterocycles. The van der Waals surface area contributed by atoms with E-state index in [-0.39, 0.29) is 0 Å². The van der Waals surface area contributed by atoms with Crippen molar-refractivity contribution in [2.45, 2.75) is 32.1 Å². The summed E-state index contributed by atoms with van der Waals surface area (Å²) in [6.07, 6.45) is 3.74. The molecule has 0 heterocycles. The molecule has 0 N–H and O–H groups in total. The Labute approximate surface area is 230 Å². The minimum Gasteiger partial charge on any atom is -0.0620 e. The summed E-state index contributed by atoms with van der Waals surface area (Å²) in [4.78, 5) is 0. The van der Waals surface area contributed by atoms with E-state index in [4.69, 9.17) is 0 Å². The zero-order valence-electron chi connectivity index (χ0n) is 22.4. The van der Waals surface area contributed by atoms with Crippen LogP contribution in [0.1, 0.15) is 41.0 Å². The molecule has 0 aliphatic heterocycles. The molecule has 7 aromatic carbocycles. The first-order chi connectivity index (χ1) is 19.3. The summed E-state index contributed by atoms with van der Waals surface area (Å²) in [5, 5.41) is 10.8. The van der Waals surface area contributed by atoms with Gasteiger partial charge in [0.1, 0.15) is 0 Å². The van der Waals surface area contributed by atoms with E-state index >= 15 is 0 Å². The Hall–Kier alpha value is -4.42. The van der Waals surface area contributed by atoms with Crippen LogP contribution in [0.4, 0.5) is 0 Å². The lowest BCUT2D eigenvalue weighted by Gasteiger charge is -2.28. The SMILES string of the molecule is Cc1ccccc1C1CCCc2c1ccc1c2ccc2ccccc21.c1ccc2cc3ccccc3cc2c1. The maximum atomic E-state index is 2.40. The van der Waals surface area contributed by atoms with Crippen LogP contribution >= 0.6 is 0 Å². The minimum atomic E-state index is 0.542. The fourth-order valence-electron chi connectivity index (χ4n) is 6.59. The molecular formula is C39H32. The summed E-state index contributed by atoms with van der Waals surface area (Å²) in [6.45, 7) is 2.25. The molecule has 0 nitrogen and oxygen atoms in total. The first-order valence-corrected chi connectivity index (χ1v) is 14.1. The van der Waals surface area contributed by atoms with Gasteiger partial charge in [0.15, 0.2) is 0 Å². The highest BCUT2D eigenvalue weighted by atomic mass is 14.3. The van der Waals surface area contributed by atoms with Crippen molar-refractivity contribution in [1.82, 2.24) is 0 Å². The molecule has 7 aromatic rings. The van der Waals surface area contributed by atoms with Crippen molar-refractivity contribution in [2.75, 3.05) is 0 Å². The van der Waals surface area contributed by atoms with Gasteiger partial charge in [0.25, 0.3) is 0 Å². The molecule has 1 aliphatic carbocycles. The van der Waals surface area contributed by atoms with Crippen LogP contribution in [0, 0.1) is 6.92 Å². The van der Waals surface area contributed by atoms with Crippen LogP contribution in [0.15, 0.2) is 133 Å². The summed E-state index contributed by atoms with van der Waals surface area (Å²) >= 11 is 0. The summed E-state index contributed by atoms with van der Waals surface area (Å²) in [6, 6.07) is 48.5. The summed E-state index contributed by atoms with van der Waals surface area (Å²) in [5.74, 6) is 0.542. The normalized spacial score (nSPS) is 14.7. The van der Waals surface area contributed by atoms with Gasteiger partial charge in [-0.2, -0.15) is 0 Å². The highest BCUT2D eigenvalue weighted by Crippen LogP contribution is 2.41. The summed E-state index contributed by atoms with van der Waals surface area (Å²) < 4.78 is 0. The van der Waals surface area contributed by atoms with E-state index in [2.05, 4.69) is 140 Å². The topological polar surface area (TPSA) is 0 Å². The van der Waals surface area contributed by atoms with Crippen LogP contribution < -0.4 is 0 Å². The molecule has 188 valence electrons. The third-order valence-electron chi connectivity index (χ3n) is 8.55. The zero-order chi connectivity index (χ0) is 26.2. The largest absolute Gasteiger partial charge is 0.0620 e. The summed E-state index contributed by atoms with van der Waals surface area (Å²) in [5.41, 5.74) is 6.04. The van der Waals surface area contributed by atoms with Crippen molar-refractivity contribution in [2.24, 2.45) is 0 Å². The predicted molar refractivity (Wildman–Crippen MR) is 169 cm³/mol. The second kappa shape index (κ2) is 10.0. The lowest BCUT2D eigenvalue weighted by atomic mass is 9.76. The Morgan fingerprint density at radius 1 is 0.462 bits per heavy atom. The highest BCUT2D eigenvalue weighted by Gasteiger charge is 2.24. The van der Waals surface area contributed by atoms with Crippen LogP contribution in [0.25, 0.3) is 43.1 Å². The van der Waals surface area contributed by atoms with Gasteiger partial charge < -0.3 is 0 Å². The molecule has 0 heteroatoms. The van der Waals surface area contributed by atoms with Gasteiger partial charge in [-0.15, -0.1) is 0 Å². The van der Waals surface area contributed by atoms with E-state index in [1.54, 1.807) is 11.1 Å². The van der Waals surface area contributed by atoms with Gasteiger partial charge in [0.05, 0.1) is 0 Å². The number of benzene rings is 7. The van der Waals surface area contributed by atoms with Crippen LogP contribution in [0.2, 0.25) is 0 Å². The maximum Gasteiger partial charge on any atom is 0.00950 e. The number of aryl methyl sites for hydroxylation is 2. The Morgan fingerprint density at radius 2 is 1.03 bits per heavy atom. The molecule has 0 radical (unpaired) electrons. The molecule has 1 aliphatic rings. The number of hydrogen-bond donors (Lipinski definition) is 0. The van der Waals surface area contributed by atoms with Gasteiger partial charge in [-0.25, -0.2) is 0 Å². The van der Waals surface area contributed by atoms with E-state index in [9.17, 15) is 0 Å². The van der Waals surface area contributed by atoms with Crippen LogP contribution in [-0.4, -0.2) is 0 Å². The fraction of sp³-hybridized carbons (Fsp3) is 0.128. The summed E-state index contributed by atoms with van der Waals surface area (Å²) in [7, 11) is 0. The molecule has 39 heavy (non-hydrogen) atoms. The van der Waals surface area contributed by atoms with Gasteiger partial charge in [0, 0.05) is 5.92 Å². The van der Waals surface area contributed by atoms with E-state index < -0.39 is 0 Å². The van der Waals surface area contributed by atoms with Crippen molar-refractivity contribution in [1.29, 1.82) is 0 Å². The van der Waals surface area contributed by atoms with Crippen molar-refractivity contribution in [3.63, 3.8) is 0 Å². The molecule has 0 fully saturated rings. The minimum absolute atomic E-state index is 0.542. The first kappa shape index (κ1) is 23.7. The molecular weight excluding hydrogens is 468 g/mol. The molecule has 0 saturated heterocycles. The Morgan fingerprint density at radius 3 is 1.69 bits per heavy atom. The van der Waals surface area contributed by atoms with Gasteiger partial charge >= 0.3 is 0 Å². The standard InChI is InChI=1S/C25H22.C14H10/c1-17-7-2-4-9-19(17)21-11-6-12-22-24-14-13-18-8-3-5-10-20(18)23(24)15-16-25(21)22;1-2-6-12-10-14-8-4-3-7-13(14)9-11(12)5-1/h2-5,7-10,13-16,21H,6,11-12H2,1H3;1-10H. The molecule has 0 bridgehead atoms. The average Bonchev–Trinajstić information content (AvgIpc) is 3.00. The second-order valence-corrected chi connectivity index (χ2v) is 10.9. The Bertz CT molecular complexity index is 1850. The quantitative estimate of drug-likeness (QED) is 0.155. The van der Waals surface area contributed by atoms with E-state index in [0.29, 0.717) is 5.92 Å². The average molecular weight is 501 g/mol. The van der Waals surface area contributed by atoms with E-state index in [1.807, 2.05) is 0 Å². The third kappa shape index (κ3) is 4.37. The van der Waals surface area contributed by atoms with E-state index in [1.165, 1.54) is 73.5 Å². The van der Waals surface area contributed by atoms with Crippen molar-refractivity contribution in [3.05, 3.63) is 156 Å². The highest BCUT2D eigenvalue weighted by molar-refractivity contribution is 6.08. The number of hydrogen-bond acceptors (Lipinski definition) is 0. The lowest BCUT2D eigenvalue weighted by molar-refractivity contribution is 0.617. The monoisotopic (exact) mass is 500 g/mol. The van der Waals surface area contributed by atoms with Gasteiger partial charge in [0.2, 0.25) is 0 Å². The Kier molecular flexibility index (Phi) is 6.10. The molecule has 1 unspecified atom stereocenters. The lowest BCUT2D eigenvalue weighted by Crippen LogP contribution is -2.12. The Balaban J connectivity index is 0.000000153. The zero-order valence-corrected chi connectivity index (χ0v) is 22.4. The second-order valence-electron chi connectivity index (χ2n) is 10.9. The van der Waals surface area contributed by atoms with Crippen molar-refractivity contribution >= 4 is 43.1 Å². The fourth-order valence-corrected chi connectivity index (χ4v) is 6.59. The third-order valence-corrected chi connectivity index (χ3v) is 8.55. The van der Waals surface area contributed by atoms with Crippen LogP contribution in [0.5, 0.6) is 0 Å². The molecule has 8 rings (SSSR count). The number of fused-ring (bicyclic) bond motifs is 7.